The average Bonchev–Trinajstić information content (AvgIpc) is 2.67. The molecule has 29 heavy (non-hydrogen) atoms. The van der Waals surface area contributed by atoms with Crippen molar-refractivity contribution in [2.75, 3.05) is 44.0 Å². The third-order valence-electron chi connectivity index (χ3n) is 4.23. The van der Waals surface area contributed by atoms with E-state index in [1.807, 2.05) is 26.2 Å². The summed E-state index contributed by atoms with van der Waals surface area (Å²) in [4.78, 5) is 14.4. The van der Waals surface area contributed by atoms with Crippen LogP contribution in [0.15, 0.2) is 51.8 Å². The minimum atomic E-state index is -3.63. The first-order valence-corrected chi connectivity index (χ1v) is 11.4. The molecule has 0 unspecified atom stereocenters. The van der Waals surface area contributed by atoms with E-state index in [-0.39, 0.29) is 17.4 Å². The third-order valence-corrected chi connectivity index (χ3v) is 6.77. The molecule has 1 N–H and O–H groups in total. The Balaban J connectivity index is 2.24. The molecule has 158 valence electrons. The Morgan fingerprint density at radius 3 is 2.38 bits per heavy atom. The molecule has 0 saturated heterocycles. The lowest BCUT2D eigenvalue weighted by Gasteiger charge is -2.22. The minimum absolute atomic E-state index is 0.134. The summed E-state index contributed by atoms with van der Waals surface area (Å²) < 4.78 is 33.4. The van der Waals surface area contributed by atoms with E-state index < -0.39 is 10.0 Å². The Bertz CT molecular complexity index is 960. The van der Waals surface area contributed by atoms with Gasteiger partial charge in [0.25, 0.3) is 5.91 Å². The van der Waals surface area contributed by atoms with Gasteiger partial charge in [-0.15, -0.1) is 0 Å². The van der Waals surface area contributed by atoms with E-state index in [0.29, 0.717) is 30.2 Å². The molecule has 2 rings (SSSR count). The van der Waals surface area contributed by atoms with Crippen LogP contribution in [0.5, 0.6) is 5.75 Å². The number of hydrogen-bond acceptors (Lipinski definition) is 5. The van der Waals surface area contributed by atoms with E-state index in [9.17, 15) is 13.2 Å². The second-order valence-corrected chi connectivity index (χ2v) is 9.31. The highest BCUT2D eigenvalue weighted by molar-refractivity contribution is 9.10. The molecule has 0 atom stereocenters. The molecule has 9 heteroatoms. The first kappa shape index (κ1) is 23.2. The number of anilines is 2. The second-order valence-electron chi connectivity index (χ2n) is 6.46. The number of nitrogens with zero attached hydrogens (tertiary/aromatic N) is 2. The number of ether oxygens (including phenoxy) is 1. The Morgan fingerprint density at radius 1 is 1.10 bits per heavy atom. The highest BCUT2D eigenvalue weighted by Gasteiger charge is 2.23. The third kappa shape index (κ3) is 5.94. The van der Waals surface area contributed by atoms with Crippen molar-refractivity contribution < 1.29 is 17.9 Å². The van der Waals surface area contributed by atoms with E-state index in [0.717, 1.165) is 4.47 Å². The number of carbonyl (C=O) groups excluding carboxylic acids is 1. The molecule has 2 aromatic carbocycles. The van der Waals surface area contributed by atoms with E-state index in [2.05, 4.69) is 21.2 Å². The molecule has 0 aliphatic carbocycles. The SMILES string of the molecule is CCN(CC)S(=O)(=O)c1ccc(N(C)C)c(NC(=O)COc2cccc(Br)c2)c1. The highest BCUT2D eigenvalue weighted by Crippen LogP contribution is 2.29. The molecule has 0 aliphatic heterocycles. The van der Waals surface area contributed by atoms with Crippen LogP contribution < -0.4 is 15.0 Å². The number of hydrogen-bond donors (Lipinski definition) is 1. The Hall–Kier alpha value is -2.10. The van der Waals surface area contributed by atoms with Gasteiger partial charge in [0.1, 0.15) is 5.75 Å². The normalized spacial score (nSPS) is 11.4. The van der Waals surface area contributed by atoms with Gasteiger partial charge in [-0.3, -0.25) is 4.79 Å². The number of benzene rings is 2. The molecule has 2 aromatic rings. The number of amides is 1. The van der Waals surface area contributed by atoms with E-state index >= 15 is 0 Å². The topological polar surface area (TPSA) is 79.0 Å². The lowest BCUT2D eigenvalue weighted by atomic mass is 10.2. The van der Waals surface area contributed by atoms with Gasteiger partial charge in [-0.2, -0.15) is 4.31 Å². The van der Waals surface area contributed by atoms with Crippen molar-refractivity contribution >= 4 is 43.2 Å². The molecule has 0 spiro atoms. The Morgan fingerprint density at radius 2 is 1.79 bits per heavy atom. The van der Waals surface area contributed by atoms with Gasteiger partial charge in [-0.05, 0) is 36.4 Å². The van der Waals surface area contributed by atoms with E-state index in [1.165, 1.54) is 10.4 Å². The van der Waals surface area contributed by atoms with Gasteiger partial charge in [0.2, 0.25) is 10.0 Å². The molecular weight excluding hydrogens is 458 g/mol. The van der Waals surface area contributed by atoms with Crippen molar-refractivity contribution in [1.29, 1.82) is 0 Å². The van der Waals surface area contributed by atoms with Crippen molar-refractivity contribution in [2.45, 2.75) is 18.7 Å². The minimum Gasteiger partial charge on any atom is -0.484 e. The molecule has 0 bridgehead atoms. The summed E-state index contributed by atoms with van der Waals surface area (Å²) in [6.07, 6.45) is 0. The zero-order valence-corrected chi connectivity index (χ0v) is 19.4. The van der Waals surface area contributed by atoms with Gasteiger partial charge in [0.15, 0.2) is 6.61 Å². The zero-order valence-electron chi connectivity index (χ0n) is 17.0. The van der Waals surface area contributed by atoms with Crippen LogP contribution in [0.4, 0.5) is 11.4 Å². The summed E-state index contributed by atoms with van der Waals surface area (Å²) in [6.45, 7) is 4.12. The molecule has 1 amide bonds. The van der Waals surface area contributed by atoms with Crippen LogP contribution in [-0.2, 0) is 14.8 Å². The maximum absolute atomic E-state index is 12.8. The summed E-state index contributed by atoms with van der Waals surface area (Å²) in [5.74, 6) is 0.172. The quantitative estimate of drug-likeness (QED) is 0.589. The van der Waals surface area contributed by atoms with E-state index in [4.69, 9.17) is 4.74 Å². The molecule has 0 aliphatic rings. The summed E-state index contributed by atoms with van der Waals surface area (Å²) in [5, 5.41) is 2.76. The zero-order chi connectivity index (χ0) is 21.6. The molecule has 0 radical (unpaired) electrons. The van der Waals surface area contributed by atoms with Crippen LogP contribution in [0.25, 0.3) is 0 Å². The maximum atomic E-state index is 12.8. The van der Waals surface area contributed by atoms with Crippen molar-refractivity contribution in [1.82, 2.24) is 4.31 Å². The number of carbonyl (C=O) groups is 1. The van der Waals surface area contributed by atoms with Crippen LogP contribution in [0, 0.1) is 0 Å². The fourth-order valence-corrected chi connectivity index (χ4v) is 4.63. The van der Waals surface area contributed by atoms with Gasteiger partial charge >= 0.3 is 0 Å². The number of rotatable bonds is 9. The monoisotopic (exact) mass is 483 g/mol. The second kappa shape index (κ2) is 10.1. The standard InChI is InChI=1S/C20H26BrN3O4S/c1-5-24(6-2)29(26,27)17-10-11-19(23(3)4)18(13-17)22-20(25)14-28-16-9-7-8-15(21)12-16/h7-13H,5-6,14H2,1-4H3,(H,22,25). The molecule has 0 heterocycles. The fourth-order valence-electron chi connectivity index (χ4n) is 2.77. The largest absolute Gasteiger partial charge is 0.484 e. The highest BCUT2D eigenvalue weighted by atomic mass is 79.9. The van der Waals surface area contributed by atoms with Crippen LogP contribution in [0.2, 0.25) is 0 Å². The molecular formula is C20H26BrN3O4S. The van der Waals surface area contributed by atoms with Crippen molar-refractivity contribution in [3.63, 3.8) is 0 Å². The van der Waals surface area contributed by atoms with Crippen molar-refractivity contribution in [3.8, 4) is 5.75 Å². The Kier molecular flexibility index (Phi) is 8.06. The predicted molar refractivity (Wildman–Crippen MR) is 119 cm³/mol. The van der Waals surface area contributed by atoms with Crippen molar-refractivity contribution in [2.24, 2.45) is 0 Å². The first-order valence-electron chi connectivity index (χ1n) is 9.18. The average molecular weight is 484 g/mol. The summed E-state index contributed by atoms with van der Waals surface area (Å²) >= 11 is 3.35. The first-order chi connectivity index (χ1) is 13.7. The van der Waals surface area contributed by atoms with Crippen LogP contribution in [0.3, 0.4) is 0 Å². The fraction of sp³-hybridized carbons (Fsp3) is 0.350. The van der Waals surface area contributed by atoms with Crippen molar-refractivity contribution in [3.05, 3.63) is 46.9 Å². The predicted octanol–water partition coefficient (Wildman–Crippen LogP) is 3.56. The van der Waals surface area contributed by atoms with Gasteiger partial charge in [-0.25, -0.2) is 8.42 Å². The molecule has 0 aromatic heterocycles. The van der Waals surface area contributed by atoms with Gasteiger partial charge in [0.05, 0.1) is 16.3 Å². The summed E-state index contributed by atoms with van der Waals surface area (Å²) in [6, 6.07) is 11.9. The van der Waals surface area contributed by atoms with E-state index in [1.54, 1.807) is 43.0 Å². The van der Waals surface area contributed by atoms with Crippen LogP contribution in [0.1, 0.15) is 13.8 Å². The lowest BCUT2D eigenvalue weighted by molar-refractivity contribution is -0.118. The number of sulfonamides is 1. The van der Waals surface area contributed by atoms with Crippen LogP contribution >= 0.6 is 15.9 Å². The van der Waals surface area contributed by atoms with Crippen LogP contribution in [-0.4, -0.2) is 52.4 Å². The summed E-state index contributed by atoms with van der Waals surface area (Å²) in [7, 11) is 0.00703. The lowest BCUT2D eigenvalue weighted by Crippen LogP contribution is -2.31. The van der Waals surface area contributed by atoms with Gasteiger partial charge < -0.3 is 15.0 Å². The molecule has 0 saturated carbocycles. The number of halogens is 1. The van der Waals surface area contributed by atoms with Gasteiger partial charge in [-0.1, -0.05) is 35.8 Å². The molecule has 7 nitrogen and oxygen atoms in total. The molecule has 0 fully saturated rings. The van der Waals surface area contributed by atoms with Gasteiger partial charge in [0, 0.05) is 31.7 Å². The number of nitrogens with one attached hydrogen (secondary N) is 1. The smallest absolute Gasteiger partial charge is 0.262 e. The Labute approximate surface area is 180 Å². The summed E-state index contributed by atoms with van der Waals surface area (Å²) in [5.41, 5.74) is 1.10. The maximum Gasteiger partial charge on any atom is 0.262 e.